The number of thiophene rings is 1. The molecule has 2 aromatic rings. The van der Waals surface area contributed by atoms with E-state index in [0.29, 0.717) is 31.7 Å². The summed E-state index contributed by atoms with van der Waals surface area (Å²) in [4.78, 5) is 27.9. The average Bonchev–Trinajstić information content (AvgIpc) is 3.43. The van der Waals surface area contributed by atoms with Crippen molar-refractivity contribution in [2.45, 2.75) is 18.9 Å². The maximum Gasteiger partial charge on any atom is 0.295 e. The van der Waals surface area contributed by atoms with Crippen LogP contribution in [-0.2, 0) is 20.7 Å². The van der Waals surface area contributed by atoms with Gasteiger partial charge >= 0.3 is 0 Å². The second-order valence-corrected chi connectivity index (χ2v) is 7.75. The van der Waals surface area contributed by atoms with Crippen molar-refractivity contribution < 1.29 is 24.2 Å². The fourth-order valence-corrected chi connectivity index (χ4v) is 4.57. The van der Waals surface area contributed by atoms with Gasteiger partial charge in [-0.3, -0.25) is 9.59 Å². The van der Waals surface area contributed by atoms with Gasteiger partial charge in [-0.05, 0) is 41.6 Å². The van der Waals surface area contributed by atoms with Crippen LogP contribution in [-0.4, -0.2) is 48.6 Å². The summed E-state index contributed by atoms with van der Waals surface area (Å²) >= 11 is 1.46. The van der Waals surface area contributed by atoms with Crippen molar-refractivity contribution in [3.63, 3.8) is 0 Å². The van der Waals surface area contributed by atoms with E-state index in [-0.39, 0.29) is 11.3 Å². The third-order valence-corrected chi connectivity index (χ3v) is 5.99. The average molecular weight is 399 g/mol. The van der Waals surface area contributed by atoms with Crippen LogP contribution in [0.4, 0.5) is 0 Å². The maximum absolute atomic E-state index is 12.8. The molecule has 1 saturated heterocycles. The normalized spacial score (nSPS) is 20.5. The molecule has 0 bridgehead atoms. The van der Waals surface area contributed by atoms with Crippen molar-refractivity contribution in [1.29, 1.82) is 0 Å². The lowest BCUT2D eigenvalue weighted by atomic mass is 9.98. The van der Waals surface area contributed by atoms with Crippen LogP contribution in [0.2, 0.25) is 0 Å². The molecule has 2 aliphatic heterocycles. The minimum absolute atomic E-state index is 0.138. The van der Waals surface area contributed by atoms with Crippen LogP contribution >= 0.6 is 11.3 Å². The van der Waals surface area contributed by atoms with E-state index >= 15 is 0 Å². The van der Waals surface area contributed by atoms with E-state index in [9.17, 15) is 14.7 Å². The maximum atomic E-state index is 12.8. The molecule has 4 rings (SSSR count). The molecule has 1 unspecified atom stereocenters. The number of ketones is 1. The number of nitrogens with zero attached hydrogens (tertiary/aromatic N) is 1. The van der Waals surface area contributed by atoms with Gasteiger partial charge in [0.1, 0.15) is 11.5 Å². The second-order valence-electron chi connectivity index (χ2n) is 6.78. The van der Waals surface area contributed by atoms with Crippen molar-refractivity contribution in [1.82, 2.24) is 4.90 Å². The van der Waals surface area contributed by atoms with Crippen molar-refractivity contribution in [2.24, 2.45) is 0 Å². The van der Waals surface area contributed by atoms with Crippen LogP contribution in [0.15, 0.2) is 41.3 Å². The van der Waals surface area contributed by atoms with E-state index in [2.05, 4.69) is 0 Å². The van der Waals surface area contributed by atoms with Gasteiger partial charge in [0, 0.05) is 37.1 Å². The van der Waals surface area contributed by atoms with E-state index < -0.39 is 17.7 Å². The lowest BCUT2D eigenvalue weighted by Crippen LogP contribution is -2.31. The molecule has 1 amide bonds. The molecule has 7 heteroatoms. The Hall–Kier alpha value is -2.64. The molecule has 2 aliphatic rings. The molecular formula is C21H21NO5S. The number of hydrogen-bond donors (Lipinski definition) is 1. The summed E-state index contributed by atoms with van der Waals surface area (Å²) in [6.07, 6.45) is 1.37. The monoisotopic (exact) mass is 399 g/mol. The van der Waals surface area contributed by atoms with Crippen molar-refractivity contribution in [3.05, 3.63) is 57.3 Å². The van der Waals surface area contributed by atoms with Gasteiger partial charge in [0.25, 0.3) is 11.7 Å². The first-order valence-corrected chi connectivity index (χ1v) is 10.1. The number of methoxy groups -OCH3 is 1. The minimum atomic E-state index is -0.648. The van der Waals surface area contributed by atoms with E-state index in [1.165, 1.54) is 16.2 Å². The zero-order chi connectivity index (χ0) is 19.7. The molecule has 6 nitrogen and oxygen atoms in total. The van der Waals surface area contributed by atoms with Gasteiger partial charge in [-0.25, -0.2) is 0 Å². The Morgan fingerprint density at radius 3 is 2.96 bits per heavy atom. The van der Waals surface area contributed by atoms with Crippen LogP contribution < -0.4 is 4.74 Å². The van der Waals surface area contributed by atoms with E-state index in [1.807, 2.05) is 23.6 Å². The number of aliphatic hydroxyl groups excluding tert-OH is 1. The summed E-state index contributed by atoms with van der Waals surface area (Å²) in [5.74, 6) is -0.572. The molecule has 1 aromatic heterocycles. The van der Waals surface area contributed by atoms with Crippen LogP contribution in [0.5, 0.6) is 5.75 Å². The van der Waals surface area contributed by atoms with Gasteiger partial charge < -0.3 is 19.5 Å². The SMILES string of the molecule is COCCCN1C(=O)C(=O)/C(=C(\O)c2ccc3c(c2)CCO3)C1c1cccs1. The first-order valence-electron chi connectivity index (χ1n) is 9.18. The number of amides is 1. The zero-order valence-corrected chi connectivity index (χ0v) is 16.3. The Bertz CT molecular complexity index is 934. The number of hydrogen-bond acceptors (Lipinski definition) is 6. The number of carbonyl (C=O) groups excluding carboxylic acids is 2. The Labute approximate surface area is 167 Å². The molecule has 0 spiro atoms. The highest BCUT2D eigenvalue weighted by Crippen LogP contribution is 2.41. The molecule has 1 aromatic carbocycles. The van der Waals surface area contributed by atoms with Crippen LogP contribution in [0, 0.1) is 0 Å². The fraction of sp³-hybridized carbons (Fsp3) is 0.333. The van der Waals surface area contributed by atoms with Crippen molar-refractivity contribution in [3.8, 4) is 5.75 Å². The second kappa shape index (κ2) is 7.77. The standard InChI is InChI=1S/C21H21NO5S/c1-26-9-3-8-22-18(16-4-2-11-28-16)17(20(24)21(22)25)19(23)14-5-6-15-13(12-14)7-10-27-15/h2,4-6,11-12,18,23H,3,7-10H2,1H3/b19-17-. The summed E-state index contributed by atoms with van der Waals surface area (Å²) in [6.45, 7) is 1.49. The molecule has 28 heavy (non-hydrogen) atoms. The van der Waals surface area contributed by atoms with Crippen LogP contribution in [0.1, 0.15) is 28.5 Å². The van der Waals surface area contributed by atoms with E-state index in [0.717, 1.165) is 22.6 Å². The highest BCUT2D eigenvalue weighted by molar-refractivity contribution is 7.10. The number of benzene rings is 1. The molecule has 0 saturated carbocycles. The number of fused-ring (bicyclic) bond motifs is 1. The third-order valence-electron chi connectivity index (χ3n) is 5.06. The highest BCUT2D eigenvalue weighted by Gasteiger charge is 2.46. The minimum Gasteiger partial charge on any atom is -0.507 e. The van der Waals surface area contributed by atoms with Gasteiger partial charge in [0.05, 0.1) is 18.2 Å². The first kappa shape index (κ1) is 18.7. The number of likely N-dealkylation sites (tertiary alicyclic amines) is 1. The molecule has 1 atom stereocenters. The summed E-state index contributed by atoms with van der Waals surface area (Å²) in [5, 5.41) is 12.9. The molecule has 0 radical (unpaired) electrons. The van der Waals surface area contributed by atoms with Crippen molar-refractivity contribution >= 4 is 28.8 Å². The number of rotatable bonds is 6. The summed E-state index contributed by atoms with van der Waals surface area (Å²) in [7, 11) is 1.60. The summed E-state index contributed by atoms with van der Waals surface area (Å²) < 4.78 is 10.6. The zero-order valence-electron chi connectivity index (χ0n) is 15.5. The highest BCUT2D eigenvalue weighted by atomic mass is 32.1. The Kier molecular flexibility index (Phi) is 5.19. The smallest absolute Gasteiger partial charge is 0.295 e. The van der Waals surface area contributed by atoms with Crippen LogP contribution in [0.25, 0.3) is 5.76 Å². The lowest BCUT2D eigenvalue weighted by Gasteiger charge is -2.24. The molecule has 1 N–H and O–H groups in total. The van der Waals surface area contributed by atoms with Crippen LogP contribution in [0.3, 0.4) is 0 Å². The number of carbonyl (C=O) groups is 2. The topological polar surface area (TPSA) is 76.1 Å². The molecule has 0 aliphatic carbocycles. The fourth-order valence-electron chi connectivity index (χ4n) is 3.72. The molecule has 3 heterocycles. The largest absolute Gasteiger partial charge is 0.507 e. The summed E-state index contributed by atoms with van der Waals surface area (Å²) in [5.41, 5.74) is 1.66. The number of ether oxygens (including phenoxy) is 2. The van der Waals surface area contributed by atoms with Gasteiger partial charge in [-0.15, -0.1) is 11.3 Å². The van der Waals surface area contributed by atoms with Crippen molar-refractivity contribution in [2.75, 3.05) is 26.9 Å². The predicted octanol–water partition coefficient (Wildman–Crippen LogP) is 3.14. The quantitative estimate of drug-likeness (QED) is 0.350. The Balaban J connectivity index is 1.77. The van der Waals surface area contributed by atoms with Gasteiger partial charge in [-0.1, -0.05) is 6.07 Å². The predicted molar refractivity (Wildman–Crippen MR) is 105 cm³/mol. The molecule has 146 valence electrons. The van der Waals surface area contributed by atoms with Gasteiger partial charge in [0.15, 0.2) is 0 Å². The van der Waals surface area contributed by atoms with Gasteiger partial charge in [-0.2, -0.15) is 0 Å². The third kappa shape index (κ3) is 3.21. The number of aliphatic hydroxyl groups is 1. The lowest BCUT2D eigenvalue weighted by molar-refractivity contribution is -0.140. The van der Waals surface area contributed by atoms with Gasteiger partial charge in [0.2, 0.25) is 0 Å². The summed E-state index contributed by atoms with van der Waals surface area (Å²) in [6, 6.07) is 8.54. The first-order chi connectivity index (χ1) is 13.6. The molecule has 1 fully saturated rings. The Morgan fingerprint density at radius 1 is 1.36 bits per heavy atom. The van der Waals surface area contributed by atoms with E-state index in [4.69, 9.17) is 9.47 Å². The van der Waals surface area contributed by atoms with E-state index in [1.54, 1.807) is 19.2 Å². The Morgan fingerprint density at radius 2 is 2.21 bits per heavy atom. The molecular weight excluding hydrogens is 378 g/mol. The number of Topliss-reactive ketones (excluding diaryl/α,β-unsaturated/α-hetero) is 1.